The summed E-state index contributed by atoms with van der Waals surface area (Å²) in [7, 11) is 0. The Balaban J connectivity index is 2.85. The predicted molar refractivity (Wildman–Crippen MR) is 95.7 cm³/mol. The lowest BCUT2D eigenvalue weighted by Crippen LogP contribution is -2.49. The van der Waals surface area contributed by atoms with Gasteiger partial charge in [0.05, 0.1) is 6.07 Å². The van der Waals surface area contributed by atoms with Crippen LogP contribution in [0.3, 0.4) is 0 Å². The molecular weight excluding hydrogens is 318 g/mol. The Kier molecular flexibility index (Phi) is 9.09. The molecule has 1 aromatic rings. The van der Waals surface area contributed by atoms with Crippen molar-refractivity contribution < 1.29 is 14.7 Å². The van der Waals surface area contributed by atoms with Crippen LogP contribution in [0.25, 0.3) is 0 Å². The number of nitrogens with zero attached hydrogens (tertiary/aromatic N) is 1. The van der Waals surface area contributed by atoms with Crippen molar-refractivity contribution in [2.75, 3.05) is 6.54 Å². The van der Waals surface area contributed by atoms with E-state index in [9.17, 15) is 14.7 Å². The number of nitrogens with one attached hydrogen (secondary N) is 2. The fourth-order valence-electron chi connectivity index (χ4n) is 2.72. The van der Waals surface area contributed by atoms with Crippen LogP contribution in [0, 0.1) is 17.2 Å². The third-order valence-electron chi connectivity index (χ3n) is 4.00. The van der Waals surface area contributed by atoms with Gasteiger partial charge in [0.2, 0.25) is 11.8 Å². The molecule has 0 aliphatic heterocycles. The third-order valence-corrected chi connectivity index (χ3v) is 4.00. The highest BCUT2D eigenvalue weighted by atomic mass is 16.3. The van der Waals surface area contributed by atoms with Crippen LogP contribution in [-0.4, -0.2) is 29.5 Å². The molecule has 25 heavy (non-hydrogen) atoms. The van der Waals surface area contributed by atoms with Gasteiger partial charge < -0.3 is 15.7 Å². The molecule has 0 fully saturated rings. The number of phenolic OH excluding ortho intramolecular Hbond substituents is 1. The molecular formula is C19H27N3O3. The molecule has 1 aromatic carbocycles. The van der Waals surface area contributed by atoms with Crippen molar-refractivity contribution in [1.82, 2.24) is 10.6 Å². The average Bonchev–Trinajstić information content (AvgIpc) is 2.60. The van der Waals surface area contributed by atoms with Crippen LogP contribution in [0.5, 0.6) is 5.75 Å². The van der Waals surface area contributed by atoms with Gasteiger partial charge in [0.15, 0.2) is 0 Å². The summed E-state index contributed by atoms with van der Waals surface area (Å²) in [6.07, 6.45) is 3.67. The number of benzene rings is 1. The molecule has 6 heteroatoms. The number of nitriles is 1. The second kappa shape index (κ2) is 11.1. The summed E-state index contributed by atoms with van der Waals surface area (Å²) in [5, 5.41) is 23.4. The maximum absolute atomic E-state index is 12.6. The smallest absolute Gasteiger partial charge is 0.243 e. The SMILES string of the molecule is CCCC(CCC)C(=O)NC(Cc1ccc(O)cc1)C(=O)NCC#N. The van der Waals surface area contributed by atoms with Gasteiger partial charge in [-0.3, -0.25) is 9.59 Å². The van der Waals surface area contributed by atoms with Crippen LogP contribution in [0.15, 0.2) is 24.3 Å². The minimum absolute atomic E-state index is 0.103. The first-order valence-electron chi connectivity index (χ1n) is 8.74. The largest absolute Gasteiger partial charge is 0.508 e. The molecule has 6 nitrogen and oxygen atoms in total. The Morgan fingerprint density at radius 1 is 1.12 bits per heavy atom. The third kappa shape index (κ3) is 7.25. The summed E-state index contributed by atoms with van der Waals surface area (Å²) in [6, 6.07) is 7.62. The lowest BCUT2D eigenvalue weighted by Gasteiger charge is -2.22. The van der Waals surface area contributed by atoms with Gasteiger partial charge in [-0.2, -0.15) is 5.26 Å². The Morgan fingerprint density at radius 2 is 1.72 bits per heavy atom. The van der Waals surface area contributed by atoms with E-state index in [0.717, 1.165) is 31.2 Å². The lowest BCUT2D eigenvalue weighted by molar-refractivity contribution is -0.131. The monoisotopic (exact) mass is 345 g/mol. The quantitative estimate of drug-likeness (QED) is 0.566. The number of amides is 2. The van der Waals surface area contributed by atoms with Gasteiger partial charge >= 0.3 is 0 Å². The zero-order valence-electron chi connectivity index (χ0n) is 14.9. The Hall–Kier alpha value is -2.55. The average molecular weight is 345 g/mol. The predicted octanol–water partition coefficient (Wildman–Crippen LogP) is 2.28. The molecule has 1 atom stereocenters. The van der Waals surface area contributed by atoms with Crippen molar-refractivity contribution in [2.24, 2.45) is 5.92 Å². The van der Waals surface area contributed by atoms with Gasteiger partial charge in [0.25, 0.3) is 0 Å². The van der Waals surface area contributed by atoms with Crippen molar-refractivity contribution >= 4 is 11.8 Å². The maximum atomic E-state index is 12.6. The number of phenols is 1. The van der Waals surface area contributed by atoms with Crippen molar-refractivity contribution in [3.63, 3.8) is 0 Å². The summed E-state index contributed by atoms with van der Waals surface area (Å²) < 4.78 is 0. The lowest BCUT2D eigenvalue weighted by atomic mass is 9.96. The minimum Gasteiger partial charge on any atom is -0.508 e. The molecule has 0 spiro atoms. The molecule has 136 valence electrons. The van der Waals surface area contributed by atoms with Crippen molar-refractivity contribution in [2.45, 2.75) is 52.0 Å². The van der Waals surface area contributed by atoms with Gasteiger partial charge in [0.1, 0.15) is 18.3 Å². The first-order valence-corrected chi connectivity index (χ1v) is 8.74. The van der Waals surface area contributed by atoms with E-state index < -0.39 is 6.04 Å². The molecule has 3 N–H and O–H groups in total. The maximum Gasteiger partial charge on any atom is 0.243 e. The minimum atomic E-state index is -0.749. The Morgan fingerprint density at radius 3 is 2.24 bits per heavy atom. The van der Waals surface area contributed by atoms with Crippen LogP contribution in [-0.2, 0) is 16.0 Å². The van der Waals surface area contributed by atoms with Crippen molar-refractivity contribution in [3.05, 3.63) is 29.8 Å². The van der Waals surface area contributed by atoms with Gasteiger partial charge in [-0.25, -0.2) is 0 Å². The summed E-state index contributed by atoms with van der Waals surface area (Å²) >= 11 is 0. The van der Waals surface area contributed by atoms with E-state index in [1.54, 1.807) is 24.3 Å². The molecule has 0 heterocycles. The van der Waals surface area contributed by atoms with E-state index in [-0.39, 0.29) is 30.0 Å². The molecule has 0 saturated heterocycles. The van der Waals surface area contributed by atoms with Crippen LogP contribution in [0.1, 0.15) is 45.1 Å². The highest BCUT2D eigenvalue weighted by molar-refractivity contribution is 5.88. The number of rotatable bonds is 10. The van der Waals surface area contributed by atoms with E-state index in [4.69, 9.17) is 5.26 Å². The van der Waals surface area contributed by atoms with Crippen molar-refractivity contribution in [1.29, 1.82) is 5.26 Å². The summed E-state index contributed by atoms with van der Waals surface area (Å²) in [6.45, 7) is 3.96. The van der Waals surface area contributed by atoms with E-state index in [0.29, 0.717) is 6.42 Å². The van der Waals surface area contributed by atoms with Gasteiger partial charge in [-0.1, -0.05) is 38.8 Å². The summed E-state index contributed by atoms with van der Waals surface area (Å²) in [4.78, 5) is 24.9. The standard InChI is InChI=1S/C19H27N3O3/c1-3-5-15(6-4-2)18(24)22-17(19(25)21-12-11-20)13-14-7-9-16(23)10-8-14/h7-10,15,17,23H,3-6,12-13H2,1-2H3,(H,21,25)(H,22,24). The number of hydrogen-bond donors (Lipinski definition) is 3. The number of carbonyl (C=O) groups excluding carboxylic acids is 2. The molecule has 0 saturated carbocycles. The Labute approximate surface area is 149 Å². The van der Waals surface area contributed by atoms with E-state index >= 15 is 0 Å². The topological polar surface area (TPSA) is 102 Å². The van der Waals surface area contributed by atoms with Crippen molar-refractivity contribution in [3.8, 4) is 11.8 Å². The van der Waals surface area contributed by atoms with Crippen LogP contribution in [0.4, 0.5) is 0 Å². The molecule has 0 radical (unpaired) electrons. The van der Waals surface area contributed by atoms with E-state index in [1.807, 2.05) is 19.9 Å². The van der Waals surface area contributed by atoms with E-state index in [1.165, 1.54) is 0 Å². The number of hydrogen-bond acceptors (Lipinski definition) is 4. The zero-order valence-corrected chi connectivity index (χ0v) is 14.9. The van der Waals surface area contributed by atoms with Crippen LogP contribution in [0.2, 0.25) is 0 Å². The first-order chi connectivity index (χ1) is 12.0. The first kappa shape index (κ1) is 20.5. The van der Waals surface area contributed by atoms with Crippen LogP contribution < -0.4 is 10.6 Å². The summed E-state index contributed by atoms with van der Waals surface area (Å²) in [5.74, 6) is -0.473. The molecule has 2 amide bonds. The molecule has 0 aromatic heterocycles. The highest BCUT2D eigenvalue weighted by Crippen LogP contribution is 2.15. The fourth-order valence-corrected chi connectivity index (χ4v) is 2.72. The highest BCUT2D eigenvalue weighted by Gasteiger charge is 2.25. The molecule has 0 bridgehead atoms. The van der Waals surface area contributed by atoms with E-state index in [2.05, 4.69) is 10.6 Å². The van der Waals surface area contributed by atoms with Gasteiger partial charge in [0, 0.05) is 12.3 Å². The number of aromatic hydroxyl groups is 1. The second-order valence-electron chi connectivity index (χ2n) is 6.08. The molecule has 1 unspecified atom stereocenters. The molecule has 0 aliphatic rings. The fraction of sp³-hybridized carbons (Fsp3) is 0.526. The van der Waals surface area contributed by atoms with Gasteiger partial charge in [-0.15, -0.1) is 0 Å². The molecule has 0 aliphatic carbocycles. The molecule has 1 rings (SSSR count). The summed E-state index contributed by atoms with van der Waals surface area (Å²) in [5.41, 5.74) is 0.817. The normalized spacial score (nSPS) is 11.6. The zero-order chi connectivity index (χ0) is 18.7. The van der Waals surface area contributed by atoms with Crippen LogP contribution >= 0.6 is 0 Å². The second-order valence-corrected chi connectivity index (χ2v) is 6.08. The Bertz CT molecular complexity index is 587. The number of carbonyl (C=O) groups is 2. The van der Waals surface area contributed by atoms with Gasteiger partial charge in [-0.05, 0) is 30.5 Å².